The van der Waals surface area contributed by atoms with Gasteiger partial charge in [0.15, 0.2) is 6.61 Å². The van der Waals surface area contributed by atoms with E-state index in [1.807, 2.05) is 66.9 Å². The number of carbonyl (C=O) groups excluding carboxylic acids is 2. The average Bonchev–Trinajstić information content (AvgIpc) is 3.41. The minimum Gasteiger partial charge on any atom is -0.496 e. The molecule has 4 aromatic rings. The number of benzene rings is 3. The third-order valence-electron chi connectivity index (χ3n) is 6.79. The molecule has 8 nitrogen and oxygen atoms in total. The third-order valence-corrected chi connectivity index (χ3v) is 6.79. The van der Waals surface area contributed by atoms with E-state index in [4.69, 9.17) is 14.2 Å². The van der Waals surface area contributed by atoms with Gasteiger partial charge in [0.1, 0.15) is 11.5 Å². The van der Waals surface area contributed by atoms with Crippen LogP contribution < -0.4 is 9.47 Å². The van der Waals surface area contributed by atoms with Gasteiger partial charge in [0.05, 0.1) is 13.7 Å². The lowest BCUT2D eigenvalue weighted by atomic mass is 10.1. The van der Waals surface area contributed by atoms with E-state index in [1.165, 1.54) is 0 Å². The van der Waals surface area contributed by atoms with E-state index >= 15 is 0 Å². The van der Waals surface area contributed by atoms with Crippen LogP contribution in [0.3, 0.4) is 0 Å². The Hall–Kier alpha value is -4.30. The van der Waals surface area contributed by atoms with Gasteiger partial charge >= 0.3 is 0 Å². The van der Waals surface area contributed by atoms with Crippen molar-refractivity contribution in [2.75, 3.05) is 47.1 Å². The molecule has 0 saturated heterocycles. The molecule has 210 valence electrons. The Balaban J connectivity index is 1.50. The van der Waals surface area contributed by atoms with E-state index in [2.05, 4.69) is 11.1 Å². The predicted molar refractivity (Wildman–Crippen MR) is 155 cm³/mol. The van der Waals surface area contributed by atoms with Crippen LogP contribution >= 0.6 is 0 Å². The highest BCUT2D eigenvalue weighted by Gasteiger charge is 2.23. The van der Waals surface area contributed by atoms with Crippen LogP contribution in [0.25, 0.3) is 10.9 Å². The summed E-state index contributed by atoms with van der Waals surface area (Å²) in [5.41, 5.74) is 3.10. The largest absolute Gasteiger partial charge is 0.496 e. The molecule has 0 bridgehead atoms. The summed E-state index contributed by atoms with van der Waals surface area (Å²) in [7, 11) is 3.25. The Morgan fingerprint density at radius 1 is 0.800 bits per heavy atom. The normalized spacial score (nSPS) is 10.8. The van der Waals surface area contributed by atoms with Gasteiger partial charge in [-0.05, 0) is 42.7 Å². The lowest BCUT2D eigenvalue weighted by molar-refractivity contribution is -0.142. The van der Waals surface area contributed by atoms with Gasteiger partial charge in [-0.25, -0.2) is 0 Å². The molecule has 40 heavy (non-hydrogen) atoms. The van der Waals surface area contributed by atoms with Crippen molar-refractivity contribution in [2.45, 2.75) is 19.4 Å². The molecule has 1 aromatic heterocycles. The number of H-pyrrole nitrogens is 1. The maximum absolute atomic E-state index is 13.8. The molecule has 0 aliphatic carbocycles. The van der Waals surface area contributed by atoms with Crippen LogP contribution in [0.1, 0.15) is 17.5 Å². The number of para-hydroxylation sites is 3. The second-order valence-electron chi connectivity index (χ2n) is 9.50. The van der Waals surface area contributed by atoms with Gasteiger partial charge < -0.3 is 29.0 Å². The Bertz CT molecular complexity index is 1370. The number of hydrogen-bond donors (Lipinski definition) is 1. The molecule has 0 saturated carbocycles. The van der Waals surface area contributed by atoms with Crippen molar-refractivity contribution in [3.8, 4) is 11.5 Å². The van der Waals surface area contributed by atoms with E-state index < -0.39 is 0 Å². The molecular formula is C32H37N3O5. The molecule has 4 rings (SSSR count). The van der Waals surface area contributed by atoms with Gasteiger partial charge in [-0.3, -0.25) is 9.59 Å². The first kappa shape index (κ1) is 28.7. The highest BCUT2D eigenvalue weighted by Crippen LogP contribution is 2.22. The number of aromatic nitrogens is 1. The Morgan fingerprint density at radius 3 is 2.35 bits per heavy atom. The van der Waals surface area contributed by atoms with E-state index in [0.717, 1.165) is 27.8 Å². The van der Waals surface area contributed by atoms with Crippen molar-refractivity contribution in [1.29, 1.82) is 0 Å². The molecule has 1 N–H and O–H groups in total. The standard InChI is InChI=1S/C32H37N3O5/c1-38-20-10-18-34(32(37)24-40-27-12-4-3-5-13-27)23-31(36)35(22-26-11-6-9-16-30(26)39-2)19-17-25-21-33-29-15-8-7-14-28(25)29/h3-9,11-16,21,33H,10,17-20,22-24H2,1-2H3. The zero-order valence-electron chi connectivity index (χ0n) is 23.2. The minimum atomic E-state index is -0.248. The number of ether oxygens (including phenoxy) is 3. The zero-order valence-corrected chi connectivity index (χ0v) is 23.2. The number of carbonyl (C=O) groups is 2. The van der Waals surface area contributed by atoms with Crippen molar-refractivity contribution >= 4 is 22.7 Å². The van der Waals surface area contributed by atoms with Gasteiger partial charge in [-0.1, -0.05) is 54.6 Å². The van der Waals surface area contributed by atoms with E-state index in [0.29, 0.717) is 44.8 Å². The van der Waals surface area contributed by atoms with Gasteiger partial charge in [0.25, 0.3) is 5.91 Å². The van der Waals surface area contributed by atoms with Gasteiger partial charge in [0, 0.05) is 56.0 Å². The number of fused-ring (bicyclic) bond motifs is 1. The molecule has 0 unspecified atom stereocenters. The fraction of sp³-hybridized carbons (Fsp3) is 0.312. The molecule has 0 aliphatic heterocycles. The molecule has 3 aromatic carbocycles. The van der Waals surface area contributed by atoms with Crippen LogP contribution in [0.2, 0.25) is 0 Å². The van der Waals surface area contributed by atoms with Crippen molar-refractivity contribution < 1.29 is 23.8 Å². The van der Waals surface area contributed by atoms with Crippen molar-refractivity contribution in [3.63, 3.8) is 0 Å². The molecule has 0 atom stereocenters. The van der Waals surface area contributed by atoms with Crippen LogP contribution in [0.5, 0.6) is 11.5 Å². The maximum atomic E-state index is 13.8. The Morgan fingerprint density at radius 2 is 1.55 bits per heavy atom. The molecule has 0 radical (unpaired) electrons. The molecule has 1 heterocycles. The molecule has 8 heteroatoms. The van der Waals surface area contributed by atoms with Gasteiger partial charge in [0.2, 0.25) is 5.91 Å². The quantitative estimate of drug-likeness (QED) is 0.220. The first-order chi connectivity index (χ1) is 19.6. The van der Waals surface area contributed by atoms with Crippen molar-refractivity contribution in [1.82, 2.24) is 14.8 Å². The molecule has 2 amide bonds. The Kier molecular flexibility index (Phi) is 10.6. The van der Waals surface area contributed by atoms with E-state index in [-0.39, 0.29) is 25.0 Å². The second kappa shape index (κ2) is 14.7. The molecule has 0 spiro atoms. The number of rotatable bonds is 15. The van der Waals surface area contributed by atoms with Gasteiger partial charge in [-0.15, -0.1) is 0 Å². The third kappa shape index (κ3) is 7.86. The minimum absolute atomic E-state index is 0.0519. The van der Waals surface area contributed by atoms with E-state index in [1.54, 1.807) is 36.2 Å². The summed E-state index contributed by atoms with van der Waals surface area (Å²) in [6.07, 6.45) is 3.28. The van der Waals surface area contributed by atoms with Crippen LogP contribution in [-0.2, 0) is 27.3 Å². The summed E-state index contributed by atoms with van der Waals surface area (Å²) >= 11 is 0. The zero-order chi connectivity index (χ0) is 28.2. The molecule has 0 fully saturated rings. The lowest BCUT2D eigenvalue weighted by Gasteiger charge is -2.28. The summed E-state index contributed by atoms with van der Waals surface area (Å²) in [5, 5.41) is 1.14. The van der Waals surface area contributed by atoms with E-state index in [9.17, 15) is 9.59 Å². The van der Waals surface area contributed by atoms with Gasteiger partial charge in [-0.2, -0.15) is 0 Å². The van der Waals surface area contributed by atoms with Crippen LogP contribution in [0.15, 0.2) is 85.1 Å². The fourth-order valence-electron chi connectivity index (χ4n) is 4.63. The highest BCUT2D eigenvalue weighted by atomic mass is 16.5. The first-order valence-electron chi connectivity index (χ1n) is 13.5. The number of methoxy groups -OCH3 is 2. The number of amides is 2. The predicted octanol–water partition coefficient (Wildman–Crippen LogP) is 4.69. The van der Waals surface area contributed by atoms with Crippen LogP contribution in [0.4, 0.5) is 0 Å². The summed E-state index contributed by atoms with van der Waals surface area (Å²) in [5.74, 6) is 0.936. The van der Waals surface area contributed by atoms with Crippen LogP contribution in [-0.4, -0.2) is 73.7 Å². The maximum Gasteiger partial charge on any atom is 0.260 e. The topological polar surface area (TPSA) is 84.1 Å². The lowest BCUT2D eigenvalue weighted by Crippen LogP contribution is -2.45. The molecular weight excluding hydrogens is 506 g/mol. The number of aromatic amines is 1. The molecule has 0 aliphatic rings. The van der Waals surface area contributed by atoms with Crippen LogP contribution in [0, 0.1) is 0 Å². The second-order valence-corrected chi connectivity index (χ2v) is 9.50. The monoisotopic (exact) mass is 543 g/mol. The van der Waals surface area contributed by atoms with Crippen molar-refractivity contribution in [3.05, 3.63) is 96.2 Å². The summed E-state index contributed by atoms with van der Waals surface area (Å²) in [6.45, 7) is 1.53. The SMILES string of the molecule is COCCCN(CC(=O)N(CCc1c[nH]c2ccccc12)Cc1ccccc1OC)C(=O)COc1ccccc1. The number of nitrogens with zero attached hydrogens (tertiary/aromatic N) is 2. The average molecular weight is 544 g/mol. The Labute approximate surface area is 235 Å². The fourth-order valence-corrected chi connectivity index (χ4v) is 4.63. The first-order valence-corrected chi connectivity index (χ1v) is 13.5. The van der Waals surface area contributed by atoms with Crippen molar-refractivity contribution in [2.24, 2.45) is 0 Å². The number of hydrogen-bond acceptors (Lipinski definition) is 5. The number of nitrogens with one attached hydrogen (secondary N) is 1. The summed E-state index contributed by atoms with van der Waals surface area (Å²) in [6, 6.07) is 25.0. The smallest absolute Gasteiger partial charge is 0.260 e. The highest BCUT2D eigenvalue weighted by molar-refractivity contribution is 5.86. The summed E-state index contributed by atoms with van der Waals surface area (Å²) in [4.78, 5) is 33.7. The summed E-state index contributed by atoms with van der Waals surface area (Å²) < 4.78 is 16.4.